The maximum absolute atomic E-state index is 5.37. The Balaban J connectivity index is 1.41. The van der Waals surface area contributed by atoms with E-state index in [1.54, 1.807) is 0 Å². The molecule has 0 N–H and O–H groups in total. The molecule has 8 aromatic rings. The van der Waals surface area contributed by atoms with E-state index >= 15 is 0 Å². The van der Waals surface area contributed by atoms with E-state index in [1.807, 2.05) is 12.1 Å². The third kappa shape index (κ3) is 3.11. The second kappa shape index (κ2) is 8.37. The zero-order chi connectivity index (χ0) is 28.0. The second-order valence-corrected chi connectivity index (χ2v) is 11.9. The Hall–Kier alpha value is -5.28. The van der Waals surface area contributed by atoms with E-state index in [1.165, 1.54) is 43.8 Å². The first-order valence-electron chi connectivity index (χ1n) is 14.5. The average molecular weight is 538 g/mol. The molecule has 0 atom stereocenters. The van der Waals surface area contributed by atoms with Gasteiger partial charge in [0.15, 0.2) is 5.82 Å². The molecule has 0 bridgehead atoms. The summed E-state index contributed by atoms with van der Waals surface area (Å²) >= 11 is 0. The van der Waals surface area contributed by atoms with Gasteiger partial charge in [0.1, 0.15) is 5.69 Å². The minimum Gasteiger partial charge on any atom is -0.291 e. The van der Waals surface area contributed by atoms with Crippen LogP contribution in [0.4, 0.5) is 0 Å². The smallest absolute Gasteiger partial charge is 0.165 e. The number of hydrogen-bond acceptors (Lipinski definition) is 2. The minimum absolute atomic E-state index is 0.102. The molecule has 0 saturated carbocycles. The number of para-hydroxylation sites is 3. The summed E-state index contributed by atoms with van der Waals surface area (Å²) in [4.78, 5) is 10.7. The van der Waals surface area contributed by atoms with E-state index in [0.717, 1.165) is 39.1 Å². The van der Waals surface area contributed by atoms with Gasteiger partial charge in [0.25, 0.3) is 0 Å². The van der Waals surface area contributed by atoms with E-state index in [9.17, 15) is 0 Å². The third-order valence-electron chi connectivity index (χ3n) is 9.18. The Morgan fingerprint density at radius 1 is 0.548 bits per heavy atom. The minimum atomic E-state index is -0.102. The fraction of sp³-hybridized carbons (Fsp3) is 0.0769. The monoisotopic (exact) mass is 537 g/mol. The van der Waals surface area contributed by atoms with Gasteiger partial charge in [-0.1, -0.05) is 117 Å². The molecule has 0 spiro atoms. The SMILES string of the molecule is CC1(C)c2ccccc2-c2ccc(-c3nc4ccccc4nc3-n3c4ccccc4c4ccc5ccccc5c43)cc21. The van der Waals surface area contributed by atoms with Crippen LogP contribution in [0.1, 0.15) is 25.0 Å². The van der Waals surface area contributed by atoms with Crippen molar-refractivity contribution in [2.45, 2.75) is 19.3 Å². The molecule has 0 fully saturated rings. The van der Waals surface area contributed by atoms with Gasteiger partial charge in [-0.15, -0.1) is 0 Å². The van der Waals surface area contributed by atoms with Gasteiger partial charge in [0.2, 0.25) is 0 Å². The quantitative estimate of drug-likeness (QED) is 0.220. The summed E-state index contributed by atoms with van der Waals surface area (Å²) < 4.78 is 2.34. The molecule has 42 heavy (non-hydrogen) atoms. The first-order valence-corrected chi connectivity index (χ1v) is 14.5. The standard InChI is InChI=1S/C39H27N3/c1-39(2)31-15-7-5-13-27(31)28-21-20-25(23-32(28)39)36-38(41-34-17-9-8-16-33(34)40-36)42-35-18-10-6-14-29(35)30-22-19-24-11-3-4-12-26(24)37(30)42/h3-23H,1-2H3. The molecule has 2 aromatic heterocycles. The van der Waals surface area contributed by atoms with Crippen LogP contribution in [-0.4, -0.2) is 14.5 Å². The molecular weight excluding hydrogens is 510 g/mol. The molecule has 6 aromatic carbocycles. The molecule has 3 nitrogen and oxygen atoms in total. The zero-order valence-corrected chi connectivity index (χ0v) is 23.5. The van der Waals surface area contributed by atoms with Crippen molar-refractivity contribution in [3.63, 3.8) is 0 Å². The van der Waals surface area contributed by atoms with Crippen LogP contribution in [-0.2, 0) is 5.41 Å². The zero-order valence-electron chi connectivity index (χ0n) is 23.5. The molecule has 198 valence electrons. The molecule has 1 aliphatic carbocycles. The van der Waals surface area contributed by atoms with Gasteiger partial charge in [-0.25, -0.2) is 9.97 Å². The summed E-state index contributed by atoms with van der Waals surface area (Å²) in [7, 11) is 0. The summed E-state index contributed by atoms with van der Waals surface area (Å²) in [6.07, 6.45) is 0. The Bertz CT molecular complexity index is 2390. The maximum atomic E-state index is 5.37. The Morgan fingerprint density at radius 3 is 2.12 bits per heavy atom. The summed E-state index contributed by atoms with van der Waals surface area (Å²) in [6, 6.07) is 45.6. The van der Waals surface area contributed by atoms with Crippen molar-refractivity contribution >= 4 is 43.6 Å². The van der Waals surface area contributed by atoms with Crippen molar-refractivity contribution in [1.29, 1.82) is 0 Å². The molecule has 9 rings (SSSR count). The Labute approximate surface area is 243 Å². The highest BCUT2D eigenvalue weighted by atomic mass is 15.1. The summed E-state index contributed by atoms with van der Waals surface area (Å²) in [5.74, 6) is 0.851. The van der Waals surface area contributed by atoms with Gasteiger partial charge < -0.3 is 0 Å². The number of fused-ring (bicyclic) bond motifs is 9. The highest BCUT2D eigenvalue weighted by Gasteiger charge is 2.35. The van der Waals surface area contributed by atoms with Crippen molar-refractivity contribution in [2.75, 3.05) is 0 Å². The highest BCUT2D eigenvalue weighted by Crippen LogP contribution is 2.50. The van der Waals surface area contributed by atoms with Crippen LogP contribution < -0.4 is 0 Å². The van der Waals surface area contributed by atoms with Crippen LogP contribution in [0.2, 0.25) is 0 Å². The molecule has 0 unspecified atom stereocenters. The van der Waals surface area contributed by atoms with Crippen LogP contribution in [0.3, 0.4) is 0 Å². The third-order valence-corrected chi connectivity index (χ3v) is 9.18. The van der Waals surface area contributed by atoms with E-state index in [2.05, 4.69) is 134 Å². The molecule has 1 aliphatic rings. The van der Waals surface area contributed by atoms with Crippen molar-refractivity contribution in [2.24, 2.45) is 0 Å². The van der Waals surface area contributed by atoms with Crippen molar-refractivity contribution in [3.8, 4) is 28.2 Å². The predicted molar refractivity (Wildman–Crippen MR) is 174 cm³/mol. The average Bonchev–Trinajstić information content (AvgIpc) is 3.49. The van der Waals surface area contributed by atoms with Gasteiger partial charge in [-0.2, -0.15) is 0 Å². The van der Waals surface area contributed by atoms with Gasteiger partial charge in [-0.3, -0.25) is 4.57 Å². The van der Waals surface area contributed by atoms with Crippen LogP contribution >= 0.6 is 0 Å². The summed E-state index contributed by atoms with van der Waals surface area (Å²) in [6.45, 7) is 4.65. The second-order valence-electron chi connectivity index (χ2n) is 11.9. The van der Waals surface area contributed by atoms with E-state index in [4.69, 9.17) is 9.97 Å². The molecule has 0 radical (unpaired) electrons. The van der Waals surface area contributed by atoms with E-state index < -0.39 is 0 Å². The topological polar surface area (TPSA) is 30.7 Å². The van der Waals surface area contributed by atoms with Crippen LogP contribution in [0.5, 0.6) is 0 Å². The number of aromatic nitrogens is 3. The van der Waals surface area contributed by atoms with Crippen molar-refractivity contribution < 1.29 is 0 Å². The normalized spacial score (nSPS) is 13.7. The fourth-order valence-corrected chi connectivity index (χ4v) is 7.14. The van der Waals surface area contributed by atoms with Gasteiger partial charge in [0, 0.05) is 27.1 Å². The molecule has 0 amide bonds. The van der Waals surface area contributed by atoms with E-state index in [0.29, 0.717) is 0 Å². The van der Waals surface area contributed by atoms with Crippen LogP contribution in [0, 0.1) is 0 Å². The molecular formula is C39H27N3. The van der Waals surface area contributed by atoms with Crippen LogP contribution in [0.15, 0.2) is 127 Å². The van der Waals surface area contributed by atoms with Crippen LogP contribution in [0.25, 0.3) is 71.8 Å². The Kier molecular flexibility index (Phi) is 4.67. The lowest BCUT2D eigenvalue weighted by Crippen LogP contribution is -2.15. The number of benzene rings is 6. The number of nitrogens with zero attached hydrogens (tertiary/aromatic N) is 3. The first kappa shape index (κ1) is 23.4. The molecule has 3 heteroatoms. The van der Waals surface area contributed by atoms with Gasteiger partial charge >= 0.3 is 0 Å². The molecule has 0 aliphatic heterocycles. The predicted octanol–water partition coefficient (Wildman–Crippen LogP) is 9.85. The number of rotatable bonds is 2. The molecule has 2 heterocycles. The molecule has 0 saturated heterocycles. The van der Waals surface area contributed by atoms with Crippen molar-refractivity contribution in [1.82, 2.24) is 14.5 Å². The lowest BCUT2D eigenvalue weighted by Gasteiger charge is -2.22. The van der Waals surface area contributed by atoms with Crippen molar-refractivity contribution in [3.05, 3.63) is 139 Å². The first-order chi connectivity index (χ1) is 20.6. The van der Waals surface area contributed by atoms with Gasteiger partial charge in [-0.05, 0) is 51.9 Å². The summed E-state index contributed by atoms with van der Waals surface area (Å²) in [5.41, 5.74) is 11.3. The fourth-order valence-electron chi connectivity index (χ4n) is 7.14. The largest absolute Gasteiger partial charge is 0.291 e. The lowest BCUT2D eigenvalue weighted by atomic mass is 9.82. The maximum Gasteiger partial charge on any atom is 0.165 e. The Morgan fingerprint density at radius 2 is 1.24 bits per heavy atom. The highest BCUT2D eigenvalue weighted by molar-refractivity contribution is 6.18. The number of hydrogen-bond donors (Lipinski definition) is 0. The van der Waals surface area contributed by atoms with E-state index in [-0.39, 0.29) is 5.41 Å². The lowest BCUT2D eigenvalue weighted by molar-refractivity contribution is 0.660. The summed E-state index contributed by atoms with van der Waals surface area (Å²) in [5, 5.41) is 4.85. The van der Waals surface area contributed by atoms with Gasteiger partial charge in [0.05, 0.1) is 22.1 Å².